The summed E-state index contributed by atoms with van der Waals surface area (Å²) in [6.45, 7) is 0.916. The number of benzene rings is 2. The van der Waals surface area contributed by atoms with Crippen molar-refractivity contribution < 1.29 is 19.0 Å². The second kappa shape index (κ2) is 12.8. The van der Waals surface area contributed by atoms with Gasteiger partial charge in [0.15, 0.2) is 11.5 Å². The molecular formula is C24H33Cl2N3O4. The standard InChI is InChI=1S/C24H32ClN3O4.ClH/c1-28(13-12-16-8-10-17(25)11-9-16)20-7-5-6-19(20)27-24(29)26-18-14-21(30-2)23(32-4)22(15-18)31-3;/h8-11,14-15,19-20H,5-7,12-13H2,1-4H3,(H2,26,27,29);1H. The van der Waals surface area contributed by atoms with Gasteiger partial charge in [0.2, 0.25) is 5.75 Å². The number of carbonyl (C=O) groups is 1. The molecule has 33 heavy (non-hydrogen) atoms. The second-order valence-electron chi connectivity index (χ2n) is 7.97. The molecule has 0 aliphatic heterocycles. The van der Waals surface area contributed by atoms with Crippen LogP contribution in [0.1, 0.15) is 24.8 Å². The molecule has 0 aromatic heterocycles. The molecule has 1 aliphatic rings. The van der Waals surface area contributed by atoms with Crippen molar-refractivity contribution in [3.05, 3.63) is 47.0 Å². The summed E-state index contributed by atoms with van der Waals surface area (Å²) in [5.41, 5.74) is 1.83. The molecule has 2 atom stereocenters. The van der Waals surface area contributed by atoms with Gasteiger partial charge in [-0.2, -0.15) is 0 Å². The molecule has 2 unspecified atom stereocenters. The highest BCUT2D eigenvalue weighted by molar-refractivity contribution is 6.30. The van der Waals surface area contributed by atoms with Crippen LogP contribution in [-0.4, -0.2) is 57.9 Å². The molecule has 2 aromatic rings. The van der Waals surface area contributed by atoms with Crippen LogP contribution in [0.4, 0.5) is 10.5 Å². The summed E-state index contributed by atoms with van der Waals surface area (Å²) in [5.74, 6) is 1.46. The van der Waals surface area contributed by atoms with Crippen molar-refractivity contribution >= 4 is 35.7 Å². The van der Waals surface area contributed by atoms with Crippen LogP contribution in [0.3, 0.4) is 0 Å². The van der Waals surface area contributed by atoms with E-state index < -0.39 is 0 Å². The highest BCUT2D eigenvalue weighted by Gasteiger charge is 2.31. The van der Waals surface area contributed by atoms with E-state index in [-0.39, 0.29) is 24.5 Å². The van der Waals surface area contributed by atoms with Crippen LogP contribution < -0.4 is 24.8 Å². The summed E-state index contributed by atoms with van der Waals surface area (Å²) in [5, 5.41) is 6.79. The fourth-order valence-electron chi connectivity index (χ4n) is 4.25. The summed E-state index contributed by atoms with van der Waals surface area (Å²) in [7, 11) is 6.76. The predicted octanol–water partition coefficient (Wildman–Crippen LogP) is 5.00. The van der Waals surface area contributed by atoms with E-state index in [0.29, 0.717) is 29.0 Å². The summed E-state index contributed by atoms with van der Waals surface area (Å²) in [4.78, 5) is 15.1. The number of halogens is 2. The Bertz CT molecular complexity index is 886. The first-order valence-electron chi connectivity index (χ1n) is 10.8. The average molecular weight is 498 g/mol. The summed E-state index contributed by atoms with van der Waals surface area (Å²) in [6, 6.07) is 11.5. The summed E-state index contributed by atoms with van der Waals surface area (Å²) < 4.78 is 16.1. The van der Waals surface area contributed by atoms with E-state index in [1.807, 2.05) is 12.1 Å². The quantitative estimate of drug-likeness (QED) is 0.509. The Kier molecular flexibility index (Phi) is 10.4. The minimum absolute atomic E-state index is 0. The molecule has 3 rings (SSSR count). The molecule has 1 aliphatic carbocycles. The zero-order valence-electron chi connectivity index (χ0n) is 19.5. The maximum Gasteiger partial charge on any atom is 0.319 e. The van der Waals surface area contributed by atoms with Gasteiger partial charge in [-0.15, -0.1) is 12.4 Å². The zero-order chi connectivity index (χ0) is 23.1. The molecule has 0 saturated heterocycles. The molecular weight excluding hydrogens is 465 g/mol. The molecule has 2 N–H and O–H groups in total. The van der Waals surface area contributed by atoms with Gasteiger partial charge in [-0.25, -0.2) is 4.79 Å². The molecule has 0 radical (unpaired) electrons. The minimum atomic E-state index is -0.248. The number of likely N-dealkylation sites (N-methyl/N-ethyl adjacent to an activating group) is 1. The number of nitrogens with one attached hydrogen (secondary N) is 2. The van der Waals surface area contributed by atoms with Crippen molar-refractivity contribution in [1.29, 1.82) is 0 Å². The SMILES string of the molecule is COc1cc(NC(=O)NC2CCCC2N(C)CCc2ccc(Cl)cc2)cc(OC)c1OC.Cl. The lowest BCUT2D eigenvalue weighted by atomic mass is 10.1. The van der Waals surface area contributed by atoms with Gasteiger partial charge in [0, 0.05) is 35.8 Å². The molecule has 0 heterocycles. The number of urea groups is 1. The van der Waals surface area contributed by atoms with Crippen LogP contribution in [0.25, 0.3) is 0 Å². The van der Waals surface area contributed by atoms with Crippen LogP contribution in [0.15, 0.2) is 36.4 Å². The molecule has 1 saturated carbocycles. The number of nitrogens with zero attached hydrogens (tertiary/aromatic N) is 1. The van der Waals surface area contributed by atoms with E-state index in [2.05, 4.69) is 34.7 Å². The highest BCUT2D eigenvalue weighted by atomic mass is 35.5. The Labute approximate surface area is 207 Å². The number of rotatable bonds is 9. The smallest absolute Gasteiger partial charge is 0.319 e. The largest absolute Gasteiger partial charge is 0.493 e. The monoisotopic (exact) mass is 497 g/mol. The van der Waals surface area contributed by atoms with Crippen LogP contribution >= 0.6 is 24.0 Å². The topological polar surface area (TPSA) is 72.1 Å². The van der Waals surface area contributed by atoms with Crippen molar-refractivity contribution in [3.8, 4) is 17.2 Å². The lowest BCUT2D eigenvalue weighted by molar-refractivity contribution is 0.208. The van der Waals surface area contributed by atoms with Crippen LogP contribution in [0, 0.1) is 0 Å². The van der Waals surface area contributed by atoms with E-state index >= 15 is 0 Å². The molecule has 2 aromatic carbocycles. The Hall–Kier alpha value is -2.35. The molecule has 1 fully saturated rings. The second-order valence-corrected chi connectivity index (χ2v) is 8.41. The van der Waals surface area contributed by atoms with Gasteiger partial charge in [-0.05, 0) is 50.4 Å². The first kappa shape index (κ1) is 26.9. The molecule has 7 nitrogen and oxygen atoms in total. The van der Waals surface area contributed by atoms with Gasteiger partial charge >= 0.3 is 6.03 Å². The van der Waals surface area contributed by atoms with Crippen molar-refractivity contribution in [3.63, 3.8) is 0 Å². The van der Waals surface area contributed by atoms with E-state index in [4.69, 9.17) is 25.8 Å². The fraction of sp³-hybridized carbons (Fsp3) is 0.458. The Morgan fingerprint density at radius 1 is 1.06 bits per heavy atom. The van der Waals surface area contributed by atoms with Crippen molar-refractivity contribution in [2.75, 3.05) is 40.2 Å². The maximum absolute atomic E-state index is 12.7. The lowest BCUT2D eigenvalue weighted by Crippen LogP contribution is -2.49. The molecule has 182 valence electrons. The first-order valence-corrected chi connectivity index (χ1v) is 11.1. The third-order valence-electron chi connectivity index (χ3n) is 5.95. The Balaban J connectivity index is 0.00000385. The third-order valence-corrected chi connectivity index (χ3v) is 6.20. The van der Waals surface area contributed by atoms with Gasteiger partial charge < -0.3 is 29.7 Å². The van der Waals surface area contributed by atoms with Crippen molar-refractivity contribution in [2.45, 2.75) is 37.8 Å². The van der Waals surface area contributed by atoms with E-state index in [1.54, 1.807) is 33.5 Å². The van der Waals surface area contributed by atoms with E-state index in [9.17, 15) is 4.79 Å². The molecule has 9 heteroatoms. The van der Waals surface area contributed by atoms with Gasteiger partial charge in [-0.1, -0.05) is 23.7 Å². The van der Waals surface area contributed by atoms with Gasteiger partial charge in [0.25, 0.3) is 0 Å². The normalized spacial score (nSPS) is 17.3. The average Bonchev–Trinajstić information content (AvgIpc) is 3.25. The van der Waals surface area contributed by atoms with Gasteiger partial charge in [-0.3, -0.25) is 0 Å². The minimum Gasteiger partial charge on any atom is -0.493 e. The fourth-order valence-corrected chi connectivity index (χ4v) is 4.37. The van der Waals surface area contributed by atoms with Gasteiger partial charge in [0.05, 0.1) is 27.0 Å². The number of amides is 2. The number of anilines is 1. The number of methoxy groups -OCH3 is 3. The number of hydrogen-bond acceptors (Lipinski definition) is 5. The highest BCUT2D eigenvalue weighted by Crippen LogP contribution is 2.40. The molecule has 2 amide bonds. The first-order chi connectivity index (χ1) is 15.4. The maximum atomic E-state index is 12.7. The van der Waals surface area contributed by atoms with Crippen LogP contribution in [0.5, 0.6) is 17.2 Å². The number of ether oxygens (including phenoxy) is 3. The predicted molar refractivity (Wildman–Crippen MR) is 135 cm³/mol. The third kappa shape index (κ3) is 7.06. The zero-order valence-corrected chi connectivity index (χ0v) is 21.1. The molecule has 0 spiro atoms. The van der Waals surface area contributed by atoms with E-state index in [1.165, 1.54) is 5.56 Å². The Morgan fingerprint density at radius 2 is 1.70 bits per heavy atom. The van der Waals surface area contributed by atoms with Crippen molar-refractivity contribution in [2.24, 2.45) is 0 Å². The lowest BCUT2D eigenvalue weighted by Gasteiger charge is -2.30. The number of carbonyl (C=O) groups excluding carboxylic acids is 1. The summed E-state index contributed by atoms with van der Waals surface area (Å²) in [6.07, 6.45) is 4.05. The number of hydrogen-bond donors (Lipinski definition) is 2. The van der Waals surface area contributed by atoms with Crippen molar-refractivity contribution in [1.82, 2.24) is 10.2 Å². The van der Waals surface area contributed by atoms with Crippen LogP contribution in [-0.2, 0) is 6.42 Å². The van der Waals surface area contributed by atoms with E-state index in [0.717, 1.165) is 37.3 Å². The Morgan fingerprint density at radius 3 is 2.27 bits per heavy atom. The summed E-state index contributed by atoms with van der Waals surface area (Å²) >= 11 is 5.98. The molecule has 0 bridgehead atoms. The van der Waals surface area contributed by atoms with Gasteiger partial charge in [0.1, 0.15) is 0 Å². The van der Waals surface area contributed by atoms with Crippen LogP contribution in [0.2, 0.25) is 5.02 Å².